The summed E-state index contributed by atoms with van der Waals surface area (Å²) in [5, 5.41) is 35.2. The first-order chi connectivity index (χ1) is 16.8. The maximum Gasteiger partial charge on any atom is 0.336 e. The number of ketones is 1. The highest BCUT2D eigenvalue weighted by atomic mass is 16.4. The molecule has 5 N–H and O–H groups in total. The summed E-state index contributed by atoms with van der Waals surface area (Å²) in [5.41, 5.74) is 0.387. The van der Waals surface area contributed by atoms with Gasteiger partial charge >= 0.3 is 11.9 Å². The number of carbonyl (C=O) groups is 4. The van der Waals surface area contributed by atoms with Gasteiger partial charge in [-0.2, -0.15) is 0 Å². The van der Waals surface area contributed by atoms with Gasteiger partial charge in [0.1, 0.15) is 0 Å². The van der Waals surface area contributed by atoms with Gasteiger partial charge in [-0.3, -0.25) is 9.59 Å². The van der Waals surface area contributed by atoms with E-state index in [2.05, 4.69) is 10.6 Å². The average molecular weight is 491 g/mol. The Morgan fingerprint density at radius 3 is 1.75 bits per heavy atom. The third kappa shape index (κ3) is 5.42. The fraction of sp³-hybridized carbons (Fsp3) is 0.185. The molecule has 0 radical (unpaired) electrons. The topological polar surface area (TPSA) is 153 Å². The molecule has 0 aliphatic rings. The quantitative estimate of drug-likeness (QED) is 0.290. The van der Waals surface area contributed by atoms with Gasteiger partial charge in [0.2, 0.25) is 0 Å². The summed E-state index contributed by atoms with van der Waals surface area (Å²) in [4.78, 5) is 48.7. The number of carbonyl (C=O) groups excluding carboxylic acids is 2. The number of aliphatic hydroxyl groups is 1. The van der Waals surface area contributed by atoms with Crippen LogP contribution in [0.2, 0.25) is 0 Å². The molecule has 0 atom stereocenters. The van der Waals surface area contributed by atoms with Crippen molar-refractivity contribution in [1.82, 2.24) is 0 Å². The molecule has 0 saturated carbocycles. The molecule has 36 heavy (non-hydrogen) atoms. The number of Topliss-reactive ketones (excluding diaryl/α,β-unsaturated/α-hetero) is 1. The van der Waals surface area contributed by atoms with E-state index in [9.17, 15) is 34.5 Å². The number of nitrogens with one attached hydrogen (secondary N) is 2. The number of hydrogen-bond acceptors (Lipinski definition) is 6. The Hall–Kier alpha value is -4.50. The lowest BCUT2D eigenvalue weighted by Gasteiger charge is -2.23. The van der Waals surface area contributed by atoms with Crippen LogP contribution in [0.1, 0.15) is 67.8 Å². The molecule has 9 nitrogen and oxygen atoms in total. The normalized spacial score (nSPS) is 11.0. The van der Waals surface area contributed by atoms with E-state index in [1.54, 1.807) is 39.1 Å². The van der Waals surface area contributed by atoms with Crippen molar-refractivity contribution >= 4 is 35.0 Å². The summed E-state index contributed by atoms with van der Waals surface area (Å²) < 4.78 is 0. The maximum absolute atomic E-state index is 13.3. The van der Waals surface area contributed by atoms with Crippen LogP contribution in [0, 0.1) is 0 Å². The molecule has 186 valence electrons. The fourth-order valence-electron chi connectivity index (χ4n) is 3.83. The number of carboxylic acid groups (broad SMARTS) is 2. The number of benzene rings is 3. The molecule has 1 amide bonds. The van der Waals surface area contributed by atoms with Gasteiger partial charge in [0.25, 0.3) is 5.91 Å². The summed E-state index contributed by atoms with van der Waals surface area (Å²) in [5.74, 6) is -3.73. The SMILES string of the molecule is CNc1ccc(C(C)(C)O)c(NC(=O)c2cc(-c3ccc(C(=O)O)c(C(C)=O)c3)ccc2C(=O)O)c1. The van der Waals surface area contributed by atoms with Crippen molar-refractivity contribution in [3.8, 4) is 11.1 Å². The molecule has 0 bridgehead atoms. The third-order valence-corrected chi connectivity index (χ3v) is 5.67. The van der Waals surface area contributed by atoms with Crippen LogP contribution >= 0.6 is 0 Å². The molecule has 0 heterocycles. The van der Waals surface area contributed by atoms with Crippen LogP contribution in [0.3, 0.4) is 0 Å². The van der Waals surface area contributed by atoms with Crippen molar-refractivity contribution in [2.24, 2.45) is 0 Å². The van der Waals surface area contributed by atoms with Crippen LogP contribution in [-0.4, -0.2) is 46.0 Å². The molecule has 0 aromatic heterocycles. The van der Waals surface area contributed by atoms with Crippen LogP contribution in [0.5, 0.6) is 0 Å². The molecule has 3 aromatic carbocycles. The van der Waals surface area contributed by atoms with Gasteiger partial charge in [0.05, 0.1) is 22.3 Å². The molecule has 0 fully saturated rings. The highest BCUT2D eigenvalue weighted by molar-refractivity contribution is 6.12. The van der Waals surface area contributed by atoms with Crippen LogP contribution < -0.4 is 10.6 Å². The van der Waals surface area contributed by atoms with Crippen molar-refractivity contribution in [2.75, 3.05) is 17.7 Å². The number of hydrogen-bond donors (Lipinski definition) is 5. The second kappa shape index (κ2) is 10.0. The van der Waals surface area contributed by atoms with Crippen LogP contribution in [-0.2, 0) is 5.60 Å². The first-order valence-electron chi connectivity index (χ1n) is 11.0. The standard InChI is InChI=1S/C27H26N2O7/c1-14(30)20-11-15(5-8-18(20)25(32)33)16-6-9-19(26(34)35)21(12-16)24(31)29-23-13-17(28-4)7-10-22(23)27(2,3)36/h5-13,28,36H,1-4H3,(H,29,31)(H,32,33)(H,34,35). The molecule has 0 aliphatic heterocycles. The van der Waals surface area contributed by atoms with Crippen molar-refractivity contribution in [3.05, 3.63) is 82.4 Å². The van der Waals surface area contributed by atoms with E-state index < -0.39 is 29.2 Å². The molecule has 0 unspecified atom stereocenters. The van der Waals surface area contributed by atoms with Crippen LogP contribution in [0.15, 0.2) is 54.6 Å². The Kier molecular flexibility index (Phi) is 7.26. The van der Waals surface area contributed by atoms with Gasteiger partial charge in [-0.05, 0) is 68.3 Å². The minimum Gasteiger partial charge on any atom is -0.478 e. The third-order valence-electron chi connectivity index (χ3n) is 5.67. The van der Waals surface area contributed by atoms with E-state index in [1.165, 1.54) is 43.3 Å². The molecular formula is C27H26N2O7. The highest BCUT2D eigenvalue weighted by Gasteiger charge is 2.24. The smallest absolute Gasteiger partial charge is 0.336 e. The number of carboxylic acids is 2. The Bertz CT molecular complexity index is 1390. The summed E-state index contributed by atoms with van der Waals surface area (Å²) >= 11 is 0. The lowest BCUT2D eigenvalue weighted by molar-refractivity contribution is 0.0683. The van der Waals surface area contributed by atoms with Crippen molar-refractivity contribution in [2.45, 2.75) is 26.4 Å². The summed E-state index contributed by atoms with van der Waals surface area (Å²) in [6.45, 7) is 4.37. The minimum atomic E-state index is -1.32. The second-order valence-electron chi connectivity index (χ2n) is 8.71. The Morgan fingerprint density at radius 2 is 1.28 bits per heavy atom. The predicted molar refractivity (Wildman–Crippen MR) is 135 cm³/mol. The average Bonchev–Trinajstić information content (AvgIpc) is 2.82. The fourth-order valence-corrected chi connectivity index (χ4v) is 3.83. The molecule has 0 saturated heterocycles. The van der Waals surface area contributed by atoms with Gasteiger partial charge in [0.15, 0.2) is 5.78 Å². The predicted octanol–water partition coefficient (Wildman–Crippen LogP) is 4.47. The van der Waals surface area contributed by atoms with Crippen LogP contribution in [0.4, 0.5) is 11.4 Å². The molecule has 3 aromatic rings. The zero-order valence-corrected chi connectivity index (χ0v) is 20.2. The minimum absolute atomic E-state index is 0.00740. The van der Waals surface area contributed by atoms with E-state index >= 15 is 0 Å². The van der Waals surface area contributed by atoms with E-state index in [0.717, 1.165) is 0 Å². The van der Waals surface area contributed by atoms with Crippen molar-refractivity contribution in [1.29, 1.82) is 0 Å². The Morgan fingerprint density at radius 1 is 0.750 bits per heavy atom. The molecule has 0 spiro atoms. The maximum atomic E-state index is 13.3. The summed E-state index contributed by atoms with van der Waals surface area (Å²) in [7, 11) is 1.70. The van der Waals surface area contributed by atoms with E-state index in [-0.39, 0.29) is 22.3 Å². The van der Waals surface area contributed by atoms with Gasteiger partial charge in [-0.25, -0.2) is 9.59 Å². The molecule has 9 heteroatoms. The zero-order chi connectivity index (χ0) is 26.8. The van der Waals surface area contributed by atoms with Crippen LogP contribution in [0.25, 0.3) is 11.1 Å². The number of anilines is 2. The number of amides is 1. The Labute approximate surface area is 207 Å². The number of aromatic carboxylic acids is 2. The monoisotopic (exact) mass is 490 g/mol. The highest BCUT2D eigenvalue weighted by Crippen LogP contribution is 2.32. The van der Waals surface area contributed by atoms with Crippen molar-refractivity contribution < 1.29 is 34.5 Å². The van der Waals surface area contributed by atoms with Gasteiger partial charge in [-0.1, -0.05) is 18.2 Å². The molecule has 0 aliphatic carbocycles. The van der Waals surface area contributed by atoms with Crippen molar-refractivity contribution in [3.63, 3.8) is 0 Å². The first kappa shape index (κ1) is 26.1. The van der Waals surface area contributed by atoms with Gasteiger partial charge in [-0.15, -0.1) is 0 Å². The lowest BCUT2D eigenvalue weighted by Crippen LogP contribution is -2.22. The van der Waals surface area contributed by atoms with E-state index in [4.69, 9.17) is 0 Å². The number of rotatable bonds is 8. The summed E-state index contributed by atoms with van der Waals surface area (Å²) in [6.07, 6.45) is 0. The first-order valence-corrected chi connectivity index (χ1v) is 11.0. The van der Waals surface area contributed by atoms with Gasteiger partial charge in [0, 0.05) is 29.5 Å². The molecular weight excluding hydrogens is 464 g/mol. The Balaban J connectivity index is 2.11. The second-order valence-corrected chi connectivity index (χ2v) is 8.71. The van der Waals surface area contributed by atoms with E-state index in [1.807, 2.05) is 0 Å². The molecule has 3 rings (SSSR count). The zero-order valence-electron chi connectivity index (χ0n) is 20.2. The largest absolute Gasteiger partial charge is 0.478 e. The van der Waals surface area contributed by atoms with Gasteiger partial charge < -0.3 is 26.0 Å². The van der Waals surface area contributed by atoms with E-state index in [0.29, 0.717) is 28.1 Å². The summed E-state index contributed by atoms with van der Waals surface area (Å²) in [6, 6.07) is 13.3. The lowest BCUT2D eigenvalue weighted by atomic mass is 9.94.